The normalized spacial score (nSPS) is 17.0. The minimum atomic E-state index is 0.359. The van der Waals surface area contributed by atoms with Crippen molar-refractivity contribution in [1.82, 2.24) is 14.5 Å². The number of nitrogens with zero attached hydrogens (tertiary/aromatic N) is 3. The number of imidazole rings is 1. The van der Waals surface area contributed by atoms with Crippen LogP contribution in [-0.2, 0) is 6.54 Å². The summed E-state index contributed by atoms with van der Waals surface area (Å²) in [5.41, 5.74) is 4.98. The minimum Gasteiger partial charge on any atom is -0.322 e. The molecule has 2 heterocycles. The van der Waals surface area contributed by atoms with Crippen molar-refractivity contribution in [3.05, 3.63) is 65.5 Å². The zero-order chi connectivity index (χ0) is 17.2. The lowest BCUT2D eigenvalue weighted by Gasteiger charge is -2.32. The molecule has 1 saturated heterocycles. The van der Waals surface area contributed by atoms with Gasteiger partial charge in [0, 0.05) is 6.54 Å². The summed E-state index contributed by atoms with van der Waals surface area (Å²) in [5.74, 6) is 1.20. The molecular weight excluding hydrogens is 306 g/mol. The van der Waals surface area contributed by atoms with Crippen molar-refractivity contribution in [1.29, 1.82) is 0 Å². The molecule has 0 radical (unpaired) electrons. The van der Waals surface area contributed by atoms with Gasteiger partial charge in [0.05, 0.1) is 17.1 Å². The number of hydrogen-bond donors (Lipinski definition) is 0. The van der Waals surface area contributed by atoms with Crippen LogP contribution in [0.15, 0.2) is 48.5 Å². The van der Waals surface area contributed by atoms with Gasteiger partial charge in [-0.2, -0.15) is 0 Å². The third-order valence-electron chi connectivity index (χ3n) is 5.46. The van der Waals surface area contributed by atoms with Gasteiger partial charge < -0.3 is 4.57 Å². The molecular formula is C22H27N3. The molecule has 1 aliphatic heterocycles. The zero-order valence-electron chi connectivity index (χ0n) is 15.3. The van der Waals surface area contributed by atoms with Gasteiger partial charge in [-0.3, -0.25) is 4.90 Å². The first-order valence-corrected chi connectivity index (χ1v) is 9.47. The summed E-state index contributed by atoms with van der Waals surface area (Å²) in [6, 6.07) is 17.8. The predicted octanol–water partition coefficient (Wildman–Crippen LogP) is 4.94. The maximum Gasteiger partial charge on any atom is 0.127 e. The number of hydrogen-bond acceptors (Lipinski definition) is 2. The molecule has 0 unspecified atom stereocenters. The standard InChI is InChI=1S/C22H27N3/c1-17-10-12-19(13-11-17)16-25-21-9-5-4-8-20(21)23-22(25)18(2)24-14-6-3-7-15-24/h4-5,8-13,18H,3,6-7,14-16H2,1-2H3/t18-/m1/s1. The molecule has 2 aromatic carbocycles. The summed E-state index contributed by atoms with van der Waals surface area (Å²) in [7, 11) is 0. The molecule has 0 aliphatic carbocycles. The van der Waals surface area contributed by atoms with E-state index >= 15 is 0 Å². The average Bonchev–Trinajstić information content (AvgIpc) is 3.02. The maximum absolute atomic E-state index is 5.02. The summed E-state index contributed by atoms with van der Waals surface area (Å²) in [4.78, 5) is 7.62. The van der Waals surface area contributed by atoms with E-state index in [2.05, 4.69) is 71.8 Å². The molecule has 3 aromatic rings. The third kappa shape index (κ3) is 3.34. The van der Waals surface area contributed by atoms with Crippen LogP contribution in [0.3, 0.4) is 0 Å². The van der Waals surface area contributed by atoms with Gasteiger partial charge in [-0.15, -0.1) is 0 Å². The lowest BCUT2D eigenvalue weighted by Crippen LogP contribution is -2.33. The van der Waals surface area contributed by atoms with Crippen LogP contribution in [0.25, 0.3) is 11.0 Å². The molecule has 25 heavy (non-hydrogen) atoms. The van der Waals surface area contributed by atoms with E-state index in [1.807, 2.05) is 0 Å². The molecule has 1 aromatic heterocycles. The first kappa shape index (κ1) is 16.3. The number of rotatable bonds is 4. The molecule has 3 heteroatoms. The van der Waals surface area contributed by atoms with E-state index in [1.54, 1.807) is 0 Å². The molecule has 0 bridgehead atoms. The van der Waals surface area contributed by atoms with Crippen LogP contribution in [0.1, 0.15) is 49.2 Å². The van der Waals surface area contributed by atoms with Gasteiger partial charge in [0.1, 0.15) is 5.82 Å². The monoisotopic (exact) mass is 333 g/mol. The second kappa shape index (κ2) is 7.01. The van der Waals surface area contributed by atoms with Crippen LogP contribution in [0, 0.1) is 6.92 Å². The molecule has 1 atom stereocenters. The van der Waals surface area contributed by atoms with Crippen LogP contribution in [0.2, 0.25) is 0 Å². The molecule has 0 N–H and O–H groups in total. The highest BCUT2D eigenvalue weighted by Crippen LogP contribution is 2.28. The van der Waals surface area contributed by atoms with E-state index in [4.69, 9.17) is 4.98 Å². The van der Waals surface area contributed by atoms with E-state index in [-0.39, 0.29) is 0 Å². The number of piperidine rings is 1. The summed E-state index contributed by atoms with van der Waals surface area (Å²) in [5, 5.41) is 0. The fourth-order valence-corrected chi connectivity index (χ4v) is 3.92. The number of aryl methyl sites for hydroxylation is 1. The Hall–Kier alpha value is -2.13. The Balaban J connectivity index is 1.73. The van der Waals surface area contributed by atoms with Gasteiger partial charge in [0.2, 0.25) is 0 Å². The van der Waals surface area contributed by atoms with Gasteiger partial charge in [-0.25, -0.2) is 4.98 Å². The Morgan fingerprint density at radius 2 is 1.68 bits per heavy atom. The Kier molecular flexibility index (Phi) is 4.58. The summed E-state index contributed by atoms with van der Waals surface area (Å²) < 4.78 is 2.42. The van der Waals surface area contributed by atoms with Crippen molar-refractivity contribution in [2.45, 2.75) is 45.7 Å². The van der Waals surface area contributed by atoms with Crippen LogP contribution < -0.4 is 0 Å². The molecule has 0 saturated carbocycles. The molecule has 3 nitrogen and oxygen atoms in total. The SMILES string of the molecule is Cc1ccc(Cn2c([C@@H](C)N3CCCCC3)nc3ccccc32)cc1. The molecule has 4 rings (SSSR count). The highest BCUT2D eigenvalue weighted by atomic mass is 15.2. The lowest BCUT2D eigenvalue weighted by molar-refractivity contribution is 0.166. The second-order valence-electron chi connectivity index (χ2n) is 7.30. The second-order valence-corrected chi connectivity index (χ2v) is 7.30. The molecule has 1 fully saturated rings. The smallest absolute Gasteiger partial charge is 0.127 e. The summed E-state index contributed by atoms with van der Waals surface area (Å²) in [6.45, 7) is 7.72. The largest absolute Gasteiger partial charge is 0.322 e. The van der Waals surface area contributed by atoms with Crippen molar-refractivity contribution in [3.8, 4) is 0 Å². The fraction of sp³-hybridized carbons (Fsp3) is 0.409. The number of aromatic nitrogens is 2. The highest BCUT2D eigenvalue weighted by molar-refractivity contribution is 5.76. The van der Waals surface area contributed by atoms with E-state index in [0.29, 0.717) is 6.04 Å². The van der Waals surface area contributed by atoms with Gasteiger partial charge in [0.25, 0.3) is 0 Å². The van der Waals surface area contributed by atoms with Crippen molar-refractivity contribution in [3.63, 3.8) is 0 Å². The quantitative estimate of drug-likeness (QED) is 0.674. The summed E-state index contributed by atoms with van der Waals surface area (Å²) in [6.07, 6.45) is 3.98. The first-order valence-electron chi connectivity index (χ1n) is 9.47. The highest BCUT2D eigenvalue weighted by Gasteiger charge is 2.23. The van der Waals surface area contributed by atoms with Crippen molar-refractivity contribution in [2.75, 3.05) is 13.1 Å². The third-order valence-corrected chi connectivity index (χ3v) is 5.46. The van der Waals surface area contributed by atoms with Crippen molar-refractivity contribution >= 4 is 11.0 Å². The van der Waals surface area contributed by atoms with Crippen LogP contribution >= 0.6 is 0 Å². The molecule has 130 valence electrons. The Morgan fingerprint density at radius 3 is 2.44 bits per heavy atom. The van der Waals surface area contributed by atoms with Crippen LogP contribution in [-0.4, -0.2) is 27.5 Å². The number of likely N-dealkylation sites (tertiary alicyclic amines) is 1. The van der Waals surface area contributed by atoms with Gasteiger partial charge >= 0.3 is 0 Å². The zero-order valence-corrected chi connectivity index (χ0v) is 15.3. The van der Waals surface area contributed by atoms with Crippen molar-refractivity contribution < 1.29 is 0 Å². The number of benzene rings is 2. The van der Waals surface area contributed by atoms with Crippen LogP contribution in [0.4, 0.5) is 0 Å². The van der Waals surface area contributed by atoms with E-state index in [9.17, 15) is 0 Å². The van der Waals surface area contributed by atoms with Crippen LogP contribution in [0.5, 0.6) is 0 Å². The Morgan fingerprint density at radius 1 is 0.960 bits per heavy atom. The number of para-hydroxylation sites is 2. The Bertz CT molecular complexity index is 841. The van der Waals surface area contributed by atoms with Crippen molar-refractivity contribution in [2.24, 2.45) is 0 Å². The average molecular weight is 333 g/mol. The van der Waals surface area contributed by atoms with Gasteiger partial charge in [0.15, 0.2) is 0 Å². The van der Waals surface area contributed by atoms with Gasteiger partial charge in [-0.05, 0) is 57.5 Å². The molecule has 0 amide bonds. The molecule has 0 spiro atoms. The fourth-order valence-electron chi connectivity index (χ4n) is 3.92. The van der Waals surface area contributed by atoms with E-state index in [0.717, 1.165) is 12.1 Å². The molecule has 1 aliphatic rings. The van der Waals surface area contributed by atoms with E-state index in [1.165, 1.54) is 54.8 Å². The minimum absolute atomic E-state index is 0.359. The maximum atomic E-state index is 5.02. The topological polar surface area (TPSA) is 21.1 Å². The Labute approximate surface area is 150 Å². The number of fused-ring (bicyclic) bond motifs is 1. The van der Waals surface area contributed by atoms with Gasteiger partial charge in [-0.1, -0.05) is 48.4 Å². The summed E-state index contributed by atoms with van der Waals surface area (Å²) >= 11 is 0. The lowest BCUT2D eigenvalue weighted by atomic mass is 10.1. The van der Waals surface area contributed by atoms with E-state index < -0.39 is 0 Å². The predicted molar refractivity (Wildman–Crippen MR) is 104 cm³/mol. The first-order chi connectivity index (χ1) is 12.2.